The minimum absolute atomic E-state index is 0.350. The highest BCUT2D eigenvalue weighted by molar-refractivity contribution is 6.39. The van der Waals surface area contributed by atoms with Crippen LogP contribution in [0.5, 0.6) is 0 Å². The third-order valence-corrected chi connectivity index (χ3v) is 4.09. The van der Waals surface area contributed by atoms with E-state index in [0.717, 1.165) is 37.1 Å². The first-order valence-electron chi connectivity index (χ1n) is 7.91. The number of nitrogens with zero attached hydrogens (tertiary/aromatic N) is 1. The smallest absolute Gasteiger partial charge is 0.313 e. The zero-order valence-corrected chi connectivity index (χ0v) is 13.6. The topological polar surface area (TPSA) is 61.4 Å². The average Bonchev–Trinajstić information content (AvgIpc) is 2.90. The summed E-state index contributed by atoms with van der Waals surface area (Å²) >= 11 is 0. The Kier molecular flexibility index (Phi) is 5.55. The van der Waals surface area contributed by atoms with Crippen molar-refractivity contribution in [3.63, 3.8) is 0 Å². The Morgan fingerprint density at radius 2 is 1.86 bits per heavy atom. The highest BCUT2D eigenvalue weighted by Gasteiger charge is 2.24. The molecular formula is C17H25N3O2. The van der Waals surface area contributed by atoms with Crippen molar-refractivity contribution >= 4 is 17.5 Å². The number of amides is 2. The molecule has 0 radical (unpaired) electrons. The van der Waals surface area contributed by atoms with Crippen LogP contribution in [0.25, 0.3) is 0 Å². The van der Waals surface area contributed by atoms with E-state index in [2.05, 4.69) is 22.5 Å². The fraction of sp³-hybridized carbons (Fsp3) is 0.529. The molecule has 1 aliphatic heterocycles. The van der Waals surface area contributed by atoms with Crippen molar-refractivity contribution in [1.82, 2.24) is 10.2 Å². The number of hydrogen-bond acceptors (Lipinski definition) is 3. The van der Waals surface area contributed by atoms with Crippen molar-refractivity contribution in [3.8, 4) is 0 Å². The van der Waals surface area contributed by atoms with Crippen molar-refractivity contribution in [3.05, 3.63) is 29.3 Å². The molecule has 1 aromatic carbocycles. The van der Waals surface area contributed by atoms with Crippen molar-refractivity contribution < 1.29 is 9.59 Å². The molecule has 0 aromatic heterocycles. The lowest BCUT2D eigenvalue weighted by Gasteiger charge is -2.22. The summed E-state index contributed by atoms with van der Waals surface area (Å²) in [6.45, 7) is 8.63. The molecule has 2 N–H and O–H groups in total. The minimum Gasteiger partial charge on any atom is -0.346 e. The molecule has 5 heteroatoms. The summed E-state index contributed by atoms with van der Waals surface area (Å²) in [6.07, 6.45) is 2.23. The maximum absolute atomic E-state index is 12.0. The summed E-state index contributed by atoms with van der Waals surface area (Å²) in [4.78, 5) is 26.2. The van der Waals surface area contributed by atoms with Crippen LogP contribution in [-0.2, 0) is 9.59 Å². The number of carbonyl (C=O) groups is 2. The highest BCUT2D eigenvalue weighted by atomic mass is 16.2. The third-order valence-electron chi connectivity index (χ3n) is 4.09. The minimum atomic E-state index is -0.606. The number of likely N-dealkylation sites (tertiary alicyclic amines) is 1. The molecular weight excluding hydrogens is 278 g/mol. The largest absolute Gasteiger partial charge is 0.346 e. The Morgan fingerprint density at radius 3 is 2.50 bits per heavy atom. The van der Waals surface area contributed by atoms with E-state index in [4.69, 9.17) is 0 Å². The van der Waals surface area contributed by atoms with Crippen LogP contribution < -0.4 is 10.6 Å². The van der Waals surface area contributed by atoms with Crippen molar-refractivity contribution in [2.45, 2.75) is 39.7 Å². The predicted octanol–water partition coefficient (Wildman–Crippen LogP) is 1.84. The molecule has 1 aromatic rings. The van der Waals surface area contributed by atoms with Gasteiger partial charge in [-0.05, 0) is 63.0 Å². The summed E-state index contributed by atoms with van der Waals surface area (Å²) in [5, 5.41) is 5.40. The maximum Gasteiger partial charge on any atom is 0.313 e. The molecule has 1 fully saturated rings. The van der Waals surface area contributed by atoms with Crippen molar-refractivity contribution in [2.75, 3.05) is 25.0 Å². The number of hydrogen-bond donors (Lipinski definition) is 2. The standard InChI is InChI=1S/C17H25N3O2/c1-4-20-7-5-6-15(20)11-18-16(21)17(22)19-14-9-12(2)8-13(3)10-14/h8-10,15H,4-7,11H2,1-3H3,(H,18,21)(H,19,22)/t15-/m1/s1. The van der Waals surface area contributed by atoms with Gasteiger partial charge in [-0.1, -0.05) is 13.0 Å². The van der Waals surface area contributed by atoms with E-state index in [1.54, 1.807) is 0 Å². The number of aryl methyl sites for hydroxylation is 2. The lowest BCUT2D eigenvalue weighted by atomic mass is 10.1. The number of likely N-dealkylation sites (N-methyl/N-ethyl adjacent to an activating group) is 1. The molecule has 1 atom stereocenters. The van der Waals surface area contributed by atoms with Gasteiger partial charge < -0.3 is 10.6 Å². The summed E-state index contributed by atoms with van der Waals surface area (Å²) in [6, 6.07) is 6.08. The molecule has 0 saturated carbocycles. The first-order valence-corrected chi connectivity index (χ1v) is 7.91. The fourth-order valence-electron chi connectivity index (χ4n) is 3.07. The molecule has 1 saturated heterocycles. The molecule has 120 valence electrons. The number of carbonyl (C=O) groups excluding carboxylic acids is 2. The van der Waals surface area contributed by atoms with E-state index in [0.29, 0.717) is 18.3 Å². The Bertz CT molecular complexity index is 537. The van der Waals surface area contributed by atoms with Crippen LogP contribution in [0.1, 0.15) is 30.9 Å². The Labute approximate surface area is 132 Å². The van der Waals surface area contributed by atoms with Gasteiger partial charge in [0.1, 0.15) is 0 Å². The Morgan fingerprint density at radius 1 is 1.18 bits per heavy atom. The van der Waals surface area contributed by atoms with Gasteiger partial charge >= 0.3 is 11.8 Å². The second-order valence-electron chi connectivity index (χ2n) is 5.97. The van der Waals surface area contributed by atoms with Gasteiger partial charge in [-0.25, -0.2) is 0 Å². The lowest BCUT2D eigenvalue weighted by Crippen LogP contribution is -2.43. The van der Waals surface area contributed by atoms with Gasteiger partial charge in [0, 0.05) is 18.3 Å². The number of anilines is 1. The van der Waals surface area contributed by atoms with Crippen LogP contribution in [0.4, 0.5) is 5.69 Å². The zero-order valence-electron chi connectivity index (χ0n) is 13.6. The number of nitrogens with one attached hydrogen (secondary N) is 2. The summed E-state index contributed by atoms with van der Waals surface area (Å²) in [5.74, 6) is -1.17. The molecule has 2 rings (SSSR count). The molecule has 0 aliphatic carbocycles. The molecule has 1 heterocycles. The van der Waals surface area contributed by atoms with Gasteiger partial charge in [0.05, 0.1) is 0 Å². The van der Waals surface area contributed by atoms with Crippen molar-refractivity contribution in [2.24, 2.45) is 0 Å². The molecule has 0 spiro atoms. The maximum atomic E-state index is 12.0. The highest BCUT2D eigenvalue weighted by Crippen LogP contribution is 2.16. The Hall–Kier alpha value is -1.88. The third kappa shape index (κ3) is 4.31. The van der Waals surface area contributed by atoms with Gasteiger partial charge in [0.15, 0.2) is 0 Å². The number of benzene rings is 1. The lowest BCUT2D eigenvalue weighted by molar-refractivity contribution is -0.136. The molecule has 0 unspecified atom stereocenters. The Balaban J connectivity index is 1.85. The van der Waals surface area contributed by atoms with E-state index >= 15 is 0 Å². The van der Waals surface area contributed by atoms with Crippen LogP contribution in [0, 0.1) is 13.8 Å². The fourth-order valence-corrected chi connectivity index (χ4v) is 3.07. The van der Waals surface area contributed by atoms with E-state index in [1.165, 1.54) is 0 Å². The molecule has 5 nitrogen and oxygen atoms in total. The van der Waals surface area contributed by atoms with E-state index in [1.807, 2.05) is 32.0 Å². The van der Waals surface area contributed by atoms with Crippen LogP contribution in [0.3, 0.4) is 0 Å². The monoisotopic (exact) mass is 303 g/mol. The van der Waals surface area contributed by atoms with Gasteiger partial charge in [-0.3, -0.25) is 14.5 Å². The SMILES string of the molecule is CCN1CCC[C@@H]1CNC(=O)C(=O)Nc1cc(C)cc(C)c1. The van der Waals surface area contributed by atoms with Crippen LogP contribution in [0.15, 0.2) is 18.2 Å². The quantitative estimate of drug-likeness (QED) is 0.834. The molecule has 0 bridgehead atoms. The summed E-state index contributed by atoms with van der Waals surface area (Å²) in [7, 11) is 0. The average molecular weight is 303 g/mol. The second-order valence-corrected chi connectivity index (χ2v) is 5.97. The number of rotatable bonds is 4. The van der Waals surface area contributed by atoms with Gasteiger partial charge in [-0.15, -0.1) is 0 Å². The van der Waals surface area contributed by atoms with E-state index in [-0.39, 0.29) is 0 Å². The summed E-state index contributed by atoms with van der Waals surface area (Å²) < 4.78 is 0. The first kappa shape index (κ1) is 16.5. The van der Waals surface area contributed by atoms with Gasteiger partial charge in [-0.2, -0.15) is 0 Å². The normalized spacial score (nSPS) is 18.2. The van der Waals surface area contributed by atoms with Crippen LogP contribution in [0.2, 0.25) is 0 Å². The first-order chi connectivity index (χ1) is 10.5. The molecule has 2 amide bonds. The summed E-state index contributed by atoms with van der Waals surface area (Å²) in [5.41, 5.74) is 2.77. The van der Waals surface area contributed by atoms with Crippen LogP contribution in [-0.4, -0.2) is 42.4 Å². The van der Waals surface area contributed by atoms with Gasteiger partial charge in [0.2, 0.25) is 0 Å². The van der Waals surface area contributed by atoms with E-state index in [9.17, 15) is 9.59 Å². The second kappa shape index (κ2) is 7.40. The molecule has 22 heavy (non-hydrogen) atoms. The predicted molar refractivity (Wildman–Crippen MR) is 87.8 cm³/mol. The van der Waals surface area contributed by atoms with Gasteiger partial charge in [0.25, 0.3) is 0 Å². The van der Waals surface area contributed by atoms with E-state index < -0.39 is 11.8 Å². The molecule has 1 aliphatic rings. The van der Waals surface area contributed by atoms with Crippen LogP contribution >= 0.6 is 0 Å². The zero-order chi connectivity index (χ0) is 16.1. The van der Waals surface area contributed by atoms with Crippen molar-refractivity contribution in [1.29, 1.82) is 0 Å².